The van der Waals surface area contributed by atoms with Gasteiger partial charge in [-0.1, -0.05) is 97.9 Å². The van der Waals surface area contributed by atoms with Crippen molar-refractivity contribution in [3.8, 4) is 0 Å². The average molecular weight is 486 g/mol. The molecule has 0 radical (unpaired) electrons. The van der Waals surface area contributed by atoms with E-state index in [4.69, 9.17) is 23.9 Å². The summed E-state index contributed by atoms with van der Waals surface area (Å²) < 4.78 is 25.7. The lowest BCUT2D eigenvalue weighted by molar-refractivity contribution is -0.162. The molecule has 3 aromatic carbocycles. The summed E-state index contributed by atoms with van der Waals surface area (Å²) in [5.74, 6) is 0.942. The molecule has 5 heteroatoms. The zero-order valence-corrected chi connectivity index (χ0v) is 20.9. The van der Waals surface area contributed by atoms with Crippen molar-refractivity contribution in [2.45, 2.75) is 63.9 Å². The molecule has 1 aliphatic carbocycles. The molecule has 1 heterocycles. The van der Waals surface area contributed by atoms with Crippen LogP contribution in [0.4, 0.5) is 0 Å². The van der Waals surface area contributed by atoms with Crippen LogP contribution >= 0.6 is 0 Å². The predicted molar refractivity (Wildman–Crippen MR) is 141 cm³/mol. The molecule has 188 valence electrons. The first-order chi connectivity index (χ1) is 17.8. The molecule has 36 heavy (non-hydrogen) atoms. The molecule has 0 spiro atoms. The van der Waals surface area contributed by atoms with Gasteiger partial charge >= 0.3 is 0 Å². The fourth-order valence-electron chi connectivity index (χ4n) is 5.09. The van der Waals surface area contributed by atoms with Crippen molar-refractivity contribution in [3.63, 3.8) is 0 Å². The molecule has 1 aliphatic heterocycles. The Hall–Kier alpha value is -2.99. The van der Waals surface area contributed by atoms with E-state index in [1.165, 1.54) is 5.56 Å². The van der Waals surface area contributed by atoms with Crippen LogP contribution in [0.1, 0.15) is 36.5 Å². The fraction of sp³-hybridized carbons (Fsp3) is 0.387. The number of rotatable bonds is 11. The van der Waals surface area contributed by atoms with Gasteiger partial charge in [0.2, 0.25) is 0 Å². The summed E-state index contributed by atoms with van der Waals surface area (Å²) in [6, 6.07) is 30.8. The molecule has 3 aromatic rings. The third-order valence-electron chi connectivity index (χ3n) is 6.94. The molecule has 1 saturated carbocycles. The lowest BCUT2D eigenvalue weighted by Gasteiger charge is -2.42. The minimum atomic E-state index is -0.220. The van der Waals surface area contributed by atoms with Crippen LogP contribution in [0, 0.1) is 5.92 Å². The topological polar surface area (TPSA) is 49.3 Å². The van der Waals surface area contributed by atoms with Crippen LogP contribution in [0.15, 0.2) is 96.0 Å². The molecule has 1 fully saturated rings. The van der Waals surface area contributed by atoms with Crippen molar-refractivity contribution < 1.29 is 18.9 Å². The quantitative estimate of drug-likeness (QED) is 0.336. The number of benzene rings is 3. The molecule has 5 atom stereocenters. The molecule has 5 nitrogen and oxygen atoms in total. The lowest BCUT2D eigenvalue weighted by Crippen LogP contribution is -2.55. The van der Waals surface area contributed by atoms with Crippen LogP contribution in [0.3, 0.4) is 0 Å². The molecular weight excluding hydrogens is 450 g/mol. The average Bonchev–Trinajstić information content (AvgIpc) is 3.35. The van der Waals surface area contributed by atoms with E-state index in [1.807, 2.05) is 54.6 Å². The van der Waals surface area contributed by atoms with Crippen LogP contribution in [0.2, 0.25) is 0 Å². The van der Waals surface area contributed by atoms with E-state index >= 15 is 0 Å². The Kier molecular flexibility index (Phi) is 8.44. The van der Waals surface area contributed by atoms with Crippen molar-refractivity contribution in [1.82, 2.24) is 0 Å². The molecule has 0 saturated heterocycles. The Morgan fingerprint density at radius 2 is 1.25 bits per heavy atom. The number of fused-ring (bicyclic) bond motifs is 1. The molecule has 0 N–H and O–H groups in total. The van der Waals surface area contributed by atoms with Gasteiger partial charge in [-0.3, -0.25) is 0 Å². The summed E-state index contributed by atoms with van der Waals surface area (Å²) in [4.78, 5) is 4.94. The second-order valence-electron chi connectivity index (χ2n) is 9.54. The summed E-state index contributed by atoms with van der Waals surface area (Å²) in [6.07, 6.45) is 1.22. The lowest BCUT2D eigenvalue weighted by atomic mass is 9.79. The zero-order valence-electron chi connectivity index (χ0n) is 20.9. The highest BCUT2D eigenvalue weighted by molar-refractivity contribution is 5.77. The highest BCUT2D eigenvalue weighted by Crippen LogP contribution is 2.38. The van der Waals surface area contributed by atoms with Gasteiger partial charge in [0.05, 0.1) is 32.5 Å². The number of hydrogen-bond donors (Lipinski definition) is 0. The van der Waals surface area contributed by atoms with Crippen LogP contribution in [-0.4, -0.2) is 36.9 Å². The normalized spacial score (nSPS) is 25.1. The summed E-state index contributed by atoms with van der Waals surface area (Å²) in [5.41, 5.74) is 3.45. The third kappa shape index (κ3) is 6.22. The van der Waals surface area contributed by atoms with Crippen molar-refractivity contribution in [1.29, 1.82) is 0 Å². The second kappa shape index (κ2) is 12.3. The predicted octanol–water partition coefficient (Wildman–Crippen LogP) is 5.97. The largest absolute Gasteiger partial charge is 0.475 e. The minimum Gasteiger partial charge on any atom is -0.475 e. The monoisotopic (exact) mass is 485 g/mol. The molecule has 0 aromatic heterocycles. The Balaban J connectivity index is 1.35. The third-order valence-corrected chi connectivity index (χ3v) is 6.94. The maximum Gasteiger partial charge on any atom is 0.183 e. The van der Waals surface area contributed by atoms with E-state index in [9.17, 15) is 0 Å². The van der Waals surface area contributed by atoms with Gasteiger partial charge in [0.25, 0.3) is 0 Å². The van der Waals surface area contributed by atoms with Gasteiger partial charge in [-0.2, -0.15) is 0 Å². The van der Waals surface area contributed by atoms with Crippen molar-refractivity contribution in [3.05, 3.63) is 108 Å². The molecular formula is C31H35NO4. The van der Waals surface area contributed by atoms with Crippen LogP contribution in [0.5, 0.6) is 0 Å². The van der Waals surface area contributed by atoms with Crippen molar-refractivity contribution in [2.75, 3.05) is 6.61 Å². The maximum absolute atomic E-state index is 6.63. The SMILES string of the molecule is CCC1=NC2C(CC(COCc3ccccc3)C(OCc3ccccc3)C2OCc2ccccc2)O1. The standard InChI is InChI=1S/C31H35NO4/c1-2-28-32-29-27(36-28)18-26(22-33-19-23-12-6-3-7-13-23)30(34-20-24-14-8-4-9-15-24)31(29)35-21-25-16-10-5-11-17-25/h3-17,26-27,29-31H,2,18-22H2,1H3. The number of hydrogen-bond acceptors (Lipinski definition) is 5. The smallest absolute Gasteiger partial charge is 0.183 e. The number of nitrogens with zero attached hydrogens (tertiary/aromatic N) is 1. The Morgan fingerprint density at radius 3 is 1.81 bits per heavy atom. The Bertz CT molecular complexity index is 1090. The number of ether oxygens (including phenoxy) is 4. The summed E-state index contributed by atoms with van der Waals surface area (Å²) >= 11 is 0. The first-order valence-electron chi connectivity index (χ1n) is 13.0. The Morgan fingerprint density at radius 1 is 0.722 bits per heavy atom. The number of aliphatic imine (C=N–C) groups is 1. The van der Waals surface area contributed by atoms with Gasteiger partial charge in [0.15, 0.2) is 5.90 Å². The highest BCUT2D eigenvalue weighted by atomic mass is 16.6. The highest BCUT2D eigenvalue weighted by Gasteiger charge is 2.50. The van der Waals surface area contributed by atoms with E-state index in [0.29, 0.717) is 26.4 Å². The molecule has 2 aliphatic rings. The Labute approximate surface area is 214 Å². The van der Waals surface area contributed by atoms with Gasteiger partial charge in [-0.15, -0.1) is 0 Å². The summed E-state index contributed by atoms with van der Waals surface area (Å²) in [7, 11) is 0. The van der Waals surface area contributed by atoms with E-state index in [-0.39, 0.29) is 30.3 Å². The van der Waals surface area contributed by atoms with Crippen molar-refractivity contribution >= 4 is 5.90 Å². The first kappa shape index (κ1) is 24.7. The first-order valence-corrected chi connectivity index (χ1v) is 13.0. The summed E-state index contributed by atoms with van der Waals surface area (Å²) in [6.45, 7) is 4.26. The van der Waals surface area contributed by atoms with Gasteiger partial charge in [0.1, 0.15) is 18.2 Å². The maximum atomic E-state index is 6.63. The second-order valence-corrected chi connectivity index (χ2v) is 9.54. The zero-order chi connectivity index (χ0) is 24.6. The minimum absolute atomic E-state index is 0.0115. The van der Waals surface area contributed by atoms with Gasteiger partial charge in [-0.05, 0) is 23.1 Å². The van der Waals surface area contributed by atoms with Crippen LogP contribution < -0.4 is 0 Å². The fourth-order valence-corrected chi connectivity index (χ4v) is 5.09. The summed E-state index contributed by atoms with van der Waals surface area (Å²) in [5, 5.41) is 0. The van der Waals surface area contributed by atoms with Crippen LogP contribution in [0.25, 0.3) is 0 Å². The van der Waals surface area contributed by atoms with Gasteiger partial charge < -0.3 is 18.9 Å². The molecule has 0 bridgehead atoms. The molecule has 0 amide bonds. The van der Waals surface area contributed by atoms with E-state index in [1.54, 1.807) is 0 Å². The van der Waals surface area contributed by atoms with Gasteiger partial charge in [-0.25, -0.2) is 4.99 Å². The molecule has 5 unspecified atom stereocenters. The van der Waals surface area contributed by atoms with Crippen molar-refractivity contribution in [2.24, 2.45) is 10.9 Å². The molecule has 5 rings (SSSR count). The van der Waals surface area contributed by atoms with E-state index in [2.05, 4.69) is 43.3 Å². The van der Waals surface area contributed by atoms with E-state index in [0.717, 1.165) is 29.9 Å². The van der Waals surface area contributed by atoms with Gasteiger partial charge in [0, 0.05) is 12.3 Å². The van der Waals surface area contributed by atoms with Crippen LogP contribution in [-0.2, 0) is 38.8 Å². The van der Waals surface area contributed by atoms with E-state index < -0.39 is 0 Å².